The van der Waals surface area contributed by atoms with E-state index in [1.807, 2.05) is 7.05 Å². The van der Waals surface area contributed by atoms with E-state index in [1.165, 1.54) is 0 Å². The Kier molecular flexibility index (Phi) is 8.44. The fourth-order valence-electron chi connectivity index (χ4n) is 2.77. The molecule has 1 saturated heterocycles. The number of benzene rings is 1. The maximum atomic E-state index is 13.5. The number of halogens is 3. The summed E-state index contributed by atoms with van der Waals surface area (Å²) in [6, 6.07) is 3.04. The summed E-state index contributed by atoms with van der Waals surface area (Å²) in [5, 5.41) is 5.59. The second-order valence-corrected chi connectivity index (χ2v) is 5.78. The first-order chi connectivity index (χ1) is 10.6. The van der Waals surface area contributed by atoms with Crippen LogP contribution in [0.5, 0.6) is 0 Å². The Balaban J connectivity index is 0.00000264. The minimum atomic E-state index is -0.625. The molecule has 1 aromatic carbocycles. The predicted octanol–water partition coefficient (Wildman–Crippen LogP) is 2.65. The molecule has 0 saturated carbocycles. The second-order valence-electron chi connectivity index (χ2n) is 5.78. The normalized spacial score (nSPS) is 16.0. The minimum Gasteiger partial charge on any atom is -0.322 e. The lowest BCUT2D eigenvalue weighted by atomic mass is 9.93. The molecule has 1 aromatic rings. The van der Waals surface area contributed by atoms with E-state index >= 15 is 0 Å². The van der Waals surface area contributed by atoms with Gasteiger partial charge in [-0.25, -0.2) is 8.78 Å². The SMILES string of the molecule is CNCCC1CCN(CC(=O)Nc2cc(F)ccc2F)CC1.Cl. The van der Waals surface area contributed by atoms with Crippen LogP contribution in [-0.2, 0) is 4.79 Å². The van der Waals surface area contributed by atoms with Crippen molar-refractivity contribution >= 4 is 24.0 Å². The standard InChI is InChI=1S/C16H23F2N3O.ClH/c1-19-7-4-12-5-8-21(9-6-12)11-16(22)20-15-10-13(17)2-3-14(15)18;/h2-3,10,12,19H,4-9,11H2,1H3,(H,20,22);1H. The van der Waals surface area contributed by atoms with E-state index < -0.39 is 11.6 Å². The molecule has 4 nitrogen and oxygen atoms in total. The number of anilines is 1. The van der Waals surface area contributed by atoms with E-state index in [0.29, 0.717) is 5.92 Å². The van der Waals surface area contributed by atoms with Gasteiger partial charge in [-0.3, -0.25) is 9.69 Å². The summed E-state index contributed by atoms with van der Waals surface area (Å²) >= 11 is 0. The molecule has 0 bridgehead atoms. The molecule has 0 radical (unpaired) electrons. The topological polar surface area (TPSA) is 44.4 Å². The van der Waals surface area contributed by atoms with Crippen molar-refractivity contribution in [2.75, 3.05) is 38.5 Å². The lowest BCUT2D eigenvalue weighted by Crippen LogP contribution is -2.39. The number of nitrogens with zero attached hydrogens (tertiary/aromatic N) is 1. The maximum absolute atomic E-state index is 13.5. The Hall–Kier alpha value is -1.24. The molecule has 1 amide bonds. The van der Waals surface area contributed by atoms with Gasteiger partial charge < -0.3 is 10.6 Å². The monoisotopic (exact) mass is 347 g/mol. The summed E-state index contributed by atoms with van der Waals surface area (Å²) < 4.78 is 26.5. The summed E-state index contributed by atoms with van der Waals surface area (Å²) in [5.41, 5.74) is -0.103. The van der Waals surface area contributed by atoms with Crippen LogP contribution in [0.4, 0.5) is 14.5 Å². The number of nitrogens with one attached hydrogen (secondary N) is 2. The summed E-state index contributed by atoms with van der Waals surface area (Å²) in [6.45, 7) is 2.97. The number of likely N-dealkylation sites (tertiary alicyclic amines) is 1. The Morgan fingerprint density at radius 1 is 1.30 bits per heavy atom. The zero-order valence-corrected chi connectivity index (χ0v) is 14.1. The maximum Gasteiger partial charge on any atom is 0.238 e. The Bertz CT molecular complexity index is 508. The third kappa shape index (κ3) is 6.41. The molecular weight excluding hydrogens is 324 g/mol. The first-order valence-electron chi connectivity index (χ1n) is 7.70. The van der Waals surface area contributed by atoms with Crippen LogP contribution in [0.1, 0.15) is 19.3 Å². The van der Waals surface area contributed by atoms with Gasteiger partial charge in [-0.05, 0) is 64.0 Å². The zero-order valence-electron chi connectivity index (χ0n) is 13.3. The summed E-state index contributed by atoms with van der Waals surface area (Å²) in [5.74, 6) is -0.798. The van der Waals surface area contributed by atoms with Crippen molar-refractivity contribution in [3.05, 3.63) is 29.8 Å². The van der Waals surface area contributed by atoms with Crippen LogP contribution in [-0.4, -0.2) is 44.0 Å². The Morgan fingerprint density at radius 2 is 2.00 bits per heavy atom. The van der Waals surface area contributed by atoms with Crippen molar-refractivity contribution < 1.29 is 13.6 Å². The van der Waals surface area contributed by atoms with Gasteiger partial charge in [0.05, 0.1) is 12.2 Å². The van der Waals surface area contributed by atoms with Crippen molar-refractivity contribution in [3.8, 4) is 0 Å². The first-order valence-corrected chi connectivity index (χ1v) is 7.70. The quantitative estimate of drug-likeness (QED) is 0.831. The Labute approximate surface area is 142 Å². The molecule has 0 aliphatic carbocycles. The third-order valence-corrected chi connectivity index (χ3v) is 4.08. The highest BCUT2D eigenvalue weighted by Gasteiger charge is 2.20. The van der Waals surface area contributed by atoms with Crippen LogP contribution < -0.4 is 10.6 Å². The minimum absolute atomic E-state index is 0. The molecule has 1 aliphatic rings. The van der Waals surface area contributed by atoms with Crippen molar-refractivity contribution in [1.29, 1.82) is 0 Å². The molecule has 0 unspecified atom stereocenters. The number of carbonyl (C=O) groups is 1. The molecule has 0 aromatic heterocycles. The number of rotatable bonds is 6. The Morgan fingerprint density at radius 3 is 2.65 bits per heavy atom. The van der Waals surface area contributed by atoms with Crippen LogP contribution in [0, 0.1) is 17.6 Å². The van der Waals surface area contributed by atoms with Crippen LogP contribution >= 0.6 is 12.4 Å². The van der Waals surface area contributed by atoms with E-state index in [1.54, 1.807) is 0 Å². The van der Waals surface area contributed by atoms with Crippen molar-refractivity contribution in [2.24, 2.45) is 5.92 Å². The zero-order chi connectivity index (χ0) is 15.9. The van der Waals surface area contributed by atoms with Gasteiger partial charge in [0.2, 0.25) is 5.91 Å². The summed E-state index contributed by atoms with van der Waals surface area (Å²) in [6.07, 6.45) is 3.30. The number of hydrogen-bond acceptors (Lipinski definition) is 3. The fraction of sp³-hybridized carbons (Fsp3) is 0.562. The van der Waals surface area contributed by atoms with Gasteiger partial charge in [0.15, 0.2) is 0 Å². The molecule has 7 heteroatoms. The van der Waals surface area contributed by atoms with E-state index in [2.05, 4.69) is 15.5 Å². The molecule has 0 atom stereocenters. The third-order valence-electron chi connectivity index (χ3n) is 4.08. The molecular formula is C16H24ClF2N3O. The van der Waals surface area contributed by atoms with Crippen molar-refractivity contribution in [1.82, 2.24) is 10.2 Å². The molecule has 23 heavy (non-hydrogen) atoms. The number of hydrogen-bond donors (Lipinski definition) is 2. The van der Waals surface area contributed by atoms with Crippen LogP contribution in [0.3, 0.4) is 0 Å². The lowest BCUT2D eigenvalue weighted by molar-refractivity contribution is -0.117. The van der Waals surface area contributed by atoms with E-state index in [0.717, 1.165) is 57.1 Å². The van der Waals surface area contributed by atoms with E-state index in [-0.39, 0.29) is 30.5 Å². The van der Waals surface area contributed by atoms with Gasteiger partial charge in [-0.2, -0.15) is 0 Å². The second kappa shape index (κ2) is 9.80. The van der Waals surface area contributed by atoms with Gasteiger partial charge in [-0.1, -0.05) is 0 Å². The molecule has 0 spiro atoms. The lowest BCUT2D eigenvalue weighted by Gasteiger charge is -2.31. The average molecular weight is 348 g/mol. The smallest absolute Gasteiger partial charge is 0.238 e. The molecule has 2 N–H and O–H groups in total. The number of amides is 1. The van der Waals surface area contributed by atoms with Crippen LogP contribution in [0.2, 0.25) is 0 Å². The van der Waals surface area contributed by atoms with Crippen molar-refractivity contribution in [3.63, 3.8) is 0 Å². The predicted molar refractivity (Wildman–Crippen MR) is 89.9 cm³/mol. The number of piperidine rings is 1. The van der Waals surface area contributed by atoms with E-state index in [4.69, 9.17) is 0 Å². The highest BCUT2D eigenvalue weighted by Crippen LogP contribution is 2.20. The van der Waals surface area contributed by atoms with Gasteiger partial charge in [0.1, 0.15) is 11.6 Å². The van der Waals surface area contributed by atoms with Crippen molar-refractivity contribution in [2.45, 2.75) is 19.3 Å². The molecule has 1 aliphatic heterocycles. The highest BCUT2D eigenvalue weighted by atomic mass is 35.5. The fourth-order valence-corrected chi connectivity index (χ4v) is 2.77. The number of carbonyl (C=O) groups excluding carboxylic acids is 1. The van der Waals surface area contributed by atoms with Gasteiger partial charge >= 0.3 is 0 Å². The molecule has 2 rings (SSSR count). The molecule has 1 heterocycles. The highest BCUT2D eigenvalue weighted by molar-refractivity contribution is 5.92. The summed E-state index contributed by atoms with van der Waals surface area (Å²) in [7, 11) is 1.95. The van der Waals surface area contributed by atoms with Gasteiger partial charge in [0, 0.05) is 6.07 Å². The largest absolute Gasteiger partial charge is 0.322 e. The van der Waals surface area contributed by atoms with Crippen LogP contribution in [0.15, 0.2) is 18.2 Å². The van der Waals surface area contributed by atoms with Gasteiger partial charge in [-0.15, -0.1) is 12.4 Å². The van der Waals surface area contributed by atoms with Crippen LogP contribution in [0.25, 0.3) is 0 Å². The first kappa shape index (κ1) is 19.8. The van der Waals surface area contributed by atoms with Gasteiger partial charge in [0.25, 0.3) is 0 Å². The molecule has 1 fully saturated rings. The summed E-state index contributed by atoms with van der Waals surface area (Å²) in [4.78, 5) is 14.0. The average Bonchev–Trinajstić information content (AvgIpc) is 2.50. The van der Waals surface area contributed by atoms with E-state index in [9.17, 15) is 13.6 Å². The molecule has 130 valence electrons.